The van der Waals surface area contributed by atoms with Crippen molar-refractivity contribution in [2.75, 3.05) is 17.2 Å². The highest BCUT2D eigenvalue weighted by molar-refractivity contribution is 9.10. The van der Waals surface area contributed by atoms with Crippen molar-refractivity contribution in [3.05, 3.63) is 40.5 Å². The highest BCUT2D eigenvalue weighted by Crippen LogP contribution is 2.18. The Balaban J connectivity index is 2.02. The van der Waals surface area contributed by atoms with E-state index in [-0.39, 0.29) is 0 Å². The minimum atomic E-state index is 0.621. The molecule has 2 N–H and O–H groups in total. The zero-order chi connectivity index (χ0) is 15.1. The summed E-state index contributed by atoms with van der Waals surface area (Å²) in [6.45, 7) is 5.13. The van der Waals surface area contributed by atoms with Crippen molar-refractivity contribution in [1.29, 1.82) is 0 Å². The molecule has 0 fully saturated rings. The van der Waals surface area contributed by atoms with E-state index in [2.05, 4.69) is 43.5 Å². The van der Waals surface area contributed by atoms with E-state index in [1.807, 2.05) is 37.3 Å². The molecule has 0 atom stereocenters. The topological polar surface area (TPSA) is 49.8 Å². The monoisotopic (exact) mass is 348 g/mol. The molecule has 0 radical (unpaired) electrons. The van der Waals surface area contributed by atoms with Gasteiger partial charge in [0.15, 0.2) is 0 Å². The number of rotatable bonds is 7. The SMILES string of the molecule is CCCCCNc1cc(C)nc(Nc2ccc(Br)cc2)n1. The van der Waals surface area contributed by atoms with Gasteiger partial charge in [-0.05, 0) is 37.6 Å². The van der Waals surface area contributed by atoms with E-state index in [1.54, 1.807) is 0 Å². The molecule has 2 rings (SSSR count). The van der Waals surface area contributed by atoms with Crippen molar-refractivity contribution >= 4 is 33.4 Å². The number of benzene rings is 1. The third-order valence-corrected chi connectivity index (χ3v) is 3.57. The van der Waals surface area contributed by atoms with Gasteiger partial charge in [-0.15, -0.1) is 0 Å². The molecule has 0 saturated heterocycles. The standard InChI is InChI=1S/C16H21BrN4/c1-3-4-5-10-18-15-11-12(2)19-16(21-15)20-14-8-6-13(17)7-9-14/h6-9,11H,3-5,10H2,1-2H3,(H2,18,19,20,21). The molecule has 1 aromatic heterocycles. The van der Waals surface area contributed by atoms with Crippen LogP contribution in [0.25, 0.3) is 0 Å². The molecule has 5 heteroatoms. The Kier molecular flexibility index (Phi) is 5.99. The maximum absolute atomic E-state index is 4.50. The van der Waals surface area contributed by atoms with E-state index in [0.29, 0.717) is 5.95 Å². The second-order valence-electron chi connectivity index (χ2n) is 4.98. The molecule has 2 aromatic rings. The Morgan fingerprint density at radius 3 is 2.57 bits per heavy atom. The first kappa shape index (κ1) is 15.8. The normalized spacial score (nSPS) is 10.4. The molecule has 0 aliphatic carbocycles. The number of nitrogens with one attached hydrogen (secondary N) is 2. The summed E-state index contributed by atoms with van der Waals surface area (Å²) in [7, 11) is 0. The Morgan fingerprint density at radius 2 is 1.86 bits per heavy atom. The van der Waals surface area contributed by atoms with Crippen LogP contribution >= 0.6 is 15.9 Å². The molecular weight excluding hydrogens is 328 g/mol. The number of aromatic nitrogens is 2. The molecule has 0 amide bonds. The van der Waals surface area contributed by atoms with Crippen LogP contribution in [0.5, 0.6) is 0 Å². The number of nitrogens with zero attached hydrogens (tertiary/aromatic N) is 2. The fraction of sp³-hybridized carbons (Fsp3) is 0.375. The highest BCUT2D eigenvalue weighted by atomic mass is 79.9. The molecule has 4 nitrogen and oxygen atoms in total. The van der Waals surface area contributed by atoms with Crippen LogP contribution in [0.1, 0.15) is 31.9 Å². The lowest BCUT2D eigenvalue weighted by Crippen LogP contribution is -2.06. The van der Waals surface area contributed by atoms with Crippen molar-refractivity contribution in [2.45, 2.75) is 33.1 Å². The molecule has 0 spiro atoms. The van der Waals surface area contributed by atoms with Crippen molar-refractivity contribution in [2.24, 2.45) is 0 Å². The van der Waals surface area contributed by atoms with Gasteiger partial charge >= 0.3 is 0 Å². The lowest BCUT2D eigenvalue weighted by Gasteiger charge is -2.10. The summed E-state index contributed by atoms with van der Waals surface area (Å²) in [5.41, 5.74) is 1.92. The van der Waals surface area contributed by atoms with Gasteiger partial charge in [0, 0.05) is 28.5 Å². The largest absolute Gasteiger partial charge is 0.370 e. The van der Waals surface area contributed by atoms with Gasteiger partial charge in [0.25, 0.3) is 0 Å². The van der Waals surface area contributed by atoms with Crippen molar-refractivity contribution in [3.63, 3.8) is 0 Å². The van der Waals surface area contributed by atoms with Gasteiger partial charge in [-0.3, -0.25) is 0 Å². The minimum absolute atomic E-state index is 0.621. The number of unbranched alkanes of at least 4 members (excludes halogenated alkanes) is 2. The molecule has 1 aromatic carbocycles. The number of anilines is 3. The van der Waals surface area contributed by atoms with Crippen LogP contribution in [0.3, 0.4) is 0 Å². The maximum Gasteiger partial charge on any atom is 0.229 e. The molecule has 0 bridgehead atoms. The fourth-order valence-electron chi connectivity index (χ4n) is 1.97. The Hall–Kier alpha value is -1.62. The van der Waals surface area contributed by atoms with Gasteiger partial charge in [0.05, 0.1) is 0 Å². The maximum atomic E-state index is 4.50. The van der Waals surface area contributed by atoms with Gasteiger partial charge < -0.3 is 10.6 Å². The first-order valence-corrected chi connectivity index (χ1v) is 8.09. The molecule has 0 aliphatic heterocycles. The molecule has 0 unspecified atom stereocenters. The summed E-state index contributed by atoms with van der Waals surface area (Å²) in [5, 5.41) is 6.59. The molecule has 1 heterocycles. The summed E-state index contributed by atoms with van der Waals surface area (Å²) in [6, 6.07) is 9.93. The van der Waals surface area contributed by atoms with E-state index < -0.39 is 0 Å². The van der Waals surface area contributed by atoms with E-state index >= 15 is 0 Å². The van der Waals surface area contributed by atoms with Gasteiger partial charge in [-0.25, -0.2) is 4.98 Å². The summed E-state index contributed by atoms with van der Waals surface area (Å²) in [6.07, 6.45) is 3.62. The second kappa shape index (κ2) is 7.98. The minimum Gasteiger partial charge on any atom is -0.370 e. The van der Waals surface area contributed by atoms with Crippen LogP contribution in [0, 0.1) is 6.92 Å². The lowest BCUT2D eigenvalue weighted by atomic mass is 10.2. The van der Waals surface area contributed by atoms with Crippen molar-refractivity contribution in [3.8, 4) is 0 Å². The Labute approximate surface area is 134 Å². The van der Waals surface area contributed by atoms with Gasteiger partial charge in [-0.1, -0.05) is 35.7 Å². The molecule has 21 heavy (non-hydrogen) atoms. The smallest absolute Gasteiger partial charge is 0.229 e. The van der Waals surface area contributed by atoms with E-state index in [4.69, 9.17) is 0 Å². The molecule has 0 saturated carbocycles. The summed E-state index contributed by atoms with van der Waals surface area (Å²) >= 11 is 3.43. The predicted molar refractivity (Wildman–Crippen MR) is 92.2 cm³/mol. The number of hydrogen-bond acceptors (Lipinski definition) is 4. The lowest BCUT2D eigenvalue weighted by molar-refractivity contribution is 0.742. The molecular formula is C16H21BrN4. The van der Waals surface area contributed by atoms with E-state index in [1.165, 1.54) is 12.8 Å². The summed E-state index contributed by atoms with van der Waals surface area (Å²) in [4.78, 5) is 8.93. The first-order chi connectivity index (χ1) is 10.2. The van der Waals surface area contributed by atoms with Crippen molar-refractivity contribution < 1.29 is 0 Å². The van der Waals surface area contributed by atoms with Crippen LogP contribution in [-0.2, 0) is 0 Å². The number of aryl methyl sites for hydroxylation is 1. The van der Waals surface area contributed by atoms with Crippen molar-refractivity contribution in [1.82, 2.24) is 9.97 Å². The van der Waals surface area contributed by atoms with Gasteiger partial charge in [0.1, 0.15) is 5.82 Å². The van der Waals surface area contributed by atoms with Gasteiger partial charge in [-0.2, -0.15) is 4.98 Å². The Morgan fingerprint density at radius 1 is 1.10 bits per heavy atom. The average molecular weight is 349 g/mol. The average Bonchev–Trinajstić information content (AvgIpc) is 2.46. The van der Waals surface area contributed by atoms with Gasteiger partial charge in [0.2, 0.25) is 5.95 Å². The molecule has 112 valence electrons. The fourth-order valence-corrected chi connectivity index (χ4v) is 2.23. The molecule has 0 aliphatic rings. The first-order valence-electron chi connectivity index (χ1n) is 7.29. The van der Waals surface area contributed by atoms with E-state index in [9.17, 15) is 0 Å². The second-order valence-corrected chi connectivity index (χ2v) is 5.90. The zero-order valence-electron chi connectivity index (χ0n) is 12.5. The van der Waals surface area contributed by atoms with Crippen LogP contribution in [0.4, 0.5) is 17.5 Å². The van der Waals surface area contributed by atoms with Crippen LogP contribution < -0.4 is 10.6 Å². The third-order valence-electron chi connectivity index (χ3n) is 3.04. The predicted octanol–water partition coefficient (Wildman–Crippen LogP) is 4.89. The third kappa shape index (κ3) is 5.34. The zero-order valence-corrected chi connectivity index (χ0v) is 14.1. The van der Waals surface area contributed by atoms with Crippen LogP contribution in [-0.4, -0.2) is 16.5 Å². The van der Waals surface area contributed by atoms with Crippen LogP contribution in [0.15, 0.2) is 34.8 Å². The Bertz CT molecular complexity index is 569. The van der Waals surface area contributed by atoms with Crippen LogP contribution in [0.2, 0.25) is 0 Å². The number of hydrogen-bond donors (Lipinski definition) is 2. The summed E-state index contributed by atoms with van der Waals surface area (Å²) < 4.78 is 1.05. The van der Waals surface area contributed by atoms with E-state index in [0.717, 1.165) is 34.6 Å². The number of halogens is 1. The highest BCUT2D eigenvalue weighted by Gasteiger charge is 2.02. The summed E-state index contributed by atoms with van der Waals surface area (Å²) in [5.74, 6) is 1.49. The quantitative estimate of drug-likeness (QED) is 0.699.